The van der Waals surface area contributed by atoms with Gasteiger partial charge in [0.05, 0.1) is 27.9 Å². The van der Waals surface area contributed by atoms with E-state index in [1.165, 1.54) is 11.3 Å². The van der Waals surface area contributed by atoms with Gasteiger partial charge in [-0.25, -0.2) is 9.59 Å². The third kappa shape index (κ3) is 6.62. The number of carbonyl (C=O) groups is 3. The first-order chi connectivity index (χ1) is 15.3. The molecule has 1 heterocycles. The zero-order chi connectivity index (χ0) is 25.0. The van der Waals surface area contributed by atoms with Gasteiger partial charge in [-0.1, -0.05) is 57.0 Å². The molecule has 0 saturated heterocycles. The van der Waals surface area contributed by atoms with Crippen LogP contribution in [-0.2, 0) is 14.9 Å². The van der Waals surface area contributed by atoms with Crippen LogP contribution < -0.4 is 16.0 Å². The lowest BCUT2D eigenvalue weighted by Gasteiger charge is -2.27. The summed E-state index contributed by atoms with van der Waals surface area (Å²) in [7, 11) is 0. The molecule has 0 radical (unpaired) electrons. The maximum absolute atomic E-state index is 13.2. The van der Waals surface area contributed by atoms with E-state index in [9.17, 15) is 14.4 Å². The highest BCUT2D eigenvalue weighted by molar-refractivity contribution is 7.16. The summed E-state index contributed by atoms with van der Waals surface area (Å²) in [6.45, 7) is 11.3. The van der Waals surface area contributed by atoms with E-state index >= 15 is 0 Å². The van der Waals surface area contributed by atoms with E-state index in [0.717, 1.165) is 4.88 Å². The van der Waals surface area contributed by atoms with Crippen LogP contribution in [-0.4, -0.2) is 30.1 Å². The van der Waals surface area contributed by atoms with Crippen molar-refractivity contribution < 1.29 is 19.1 Å². The quantitative estimate of drug-likeness (QED) is 0.370. The Morgan fingerprint density at radius 1 is 1.06 bits per heavy atom. The maximum atomic E-state index is 13.2. The summed E-state index contributed by atoms with van der Waals surface area (Å²) in [5.74, 6) is -1.01. The number of ether oxygens (including phenoxy) is 1. The van der Waals surface area contributed by atoms with Gasteiger partial charge in [-0.15, -0.1) is 11.3 Å². The molecule has 1 atom stereocenters. The molecule has 10 heteroatoms. The molecule has 3 N–H and O–H groups in total. The van der Waals surface area contributed by atoms with Crippen LogP contribution in [0.4, 0.5) is 15.5 Å². The Morgan fingerprint density at radius 2 is 1.73 bits per heavy atom. The third-order valence-corrected chi connectivity index (χ3v) is 7.26. The summed E-state index contributed by atoms with van der Waals surface area (Å²) < 4.78 is 5.12. The first kappa shape index (κ1) is 27.0. The van der Waals surface area contributed by atoms with E-state index in [-0.39, 0.29) is 22.6 Å². The van der Waals surface area contributed by atoms with Crippen LogP contribution in [0.5, 0.6) is 0 Å². The zero-order valence-corrected chi connectivity index (χ0v) is 21.8. The van der Waals surface area contributed by atoms with E-state index < -0.39 is 23.4 Å². The second kappa shape index (κ2) is 10.8. The lowest BCUT2D eigenvalue weighted by molar-refractivity contribution is -0.150. The van der Waals surface area contributed by atoms with E-state index in [4.69, 9.17) is 27.9 Å². The van der Waals surface area contributed by atoms with Gasteiger partial charge in [-0.3, -0.25) is 10.1 Å². The van der Waals surface area contributed by atoms with Crippen LogP contribution in [0.1, 0.15) is 63.2 Å². The molecule has 7 nitrogen and oxygen atoms in total. The van der Waals surface area contributed by atoms with Gasteiger partial charge in [0, 0.05) is 4.88 Å². The minimum absolute atomic E-state index is 0.204. The van der Waals surface area contributed by atoms with Crippen LogP contribution in [0.25, 0.3) is 0 Å². The summed E-state index contributed by atoms with van der Waals surface area (Å²) in [4.78, 5) is 39.2. The van der Waals surface area contributed by atoms with Crippen LogP contribution in [0.2, 0.25) is 10.0 Å². The Labute approximate surface area is 208 Å². The number of nitrogens with one attached hydrogen (secondary N) is 3. The van der Waals surface area contributed by atoms with Crippen LogP contribution in [0.15, 0.2) is 24.3 Å². The summed E-state index contributed by atoms with van der Waals surface area (Å²) in [6, 6.07) is 6.02. The minimum atomic E-state index is -1.20. The molecule has 1 unspecified atom stereocenters. The van der Waals surface area contributed by atoms with Gasteiger partial charge in [-0.05, 0) is 43.9 Å². The van der Waals surface area contributed by atoms with Crippen molar-refractivity contribution in [2.75, 3.05) is 17.2 Å². The van der Waals surface area contributed by atoms with Crippen molar-refractivity contribution >= 4 is 63.1 Å². The van der Waals surface area contributed by atoms with Crippen molar-refractivity contribution in [1.82, 2.24) is 5.32 Å². The Balaban J connectivity index is 2.34. The number of amides is 3. The highest BCUT2D eigenvalue weighted by atomic mass is 35.5. The average Bonchev–Trinajstić information content (AvgIpc) is 3.15. The Morgan fingerprint density at radius 3 is 2.30 bits per heavy atom. The molecule has 0 spiro atoms. The van der Waals surface area contributed by atoms with Gasteiger partial charge in [0.1, 0.15) is 10.5 Å². The number of carbonyl (C=O) groups excluding carboxylic acids is 3. The largest absolute Gasteiger partial charge is 0.464 e. The van der Waals surface area contributed by atoms with E-state index in [1.807, 2.05) is 20.8 Å². The summed E-state index contributed by atoms with van der Waals surface area (Å²) >= 11 is 13.4. The van der Waals surface area contributed by atoms with Gasteiger partial charge in [0.15, 0.2) is 0 Å². The molecule has 33 heavy (non-hydrogen) atoms. The fourth-order valence-corrected chi connectivity index (χ4v) is 4.23. The fraction of sp³-hybridized carbons (Fsp3) is 0.435. The van der Waals surface area contributed by atoms with Crippen molar-refractivity contribution in [2.24, 2.45) is 0 Å². The highest BCUT2D eigenvalue weighted by Crippen LogP contribution is 2.37. The molecule has 0 bridgehead atoms. The normalized spacial score (nSPS) is 13.1. The standard InChI is InChI=1S/C23H29Cl2N3O4S/c1-7-23(6,20(30)32-8-2)28-18(29)13-12-16(22(3,4)5)33-19(13)27-21(31)26-15-11-9-10-14(24)17(15)25/h9-12H,7-8H2,1-6H3,(H,28,29)(H2,26,27,31). The number of hydrogen-bond donors (Lipinski definition) is 3. The zero-order valence-electron chi connectivity index (χ0n) is 19.5. The maximum Gasteiger partial charge on any atom is 0.331 e. The number of halogens is 2. The van der Waals surface area contributed by atoms with E-state index in [0.29, 0.717) is 22.1 Å². The van der Waals surface area contributed by atoms with Gasteiger partial charge in [-0.2, -0.15) is 0 Å². The molecule has 3 amide bonds. The van der Waals surface area contributed by atoms with Gasteiger partial charge in [0.2, 0.25) is 0 Å². The van der Waals surface area contributed by atoms with Crippen molar-refractivity contribution in [1.29, 1.82) is 0 Å². The molecule has 0 saturated carbocycles. The smallest absolute Gasteiger partial charge is 0.331 e. The fourth-order valence-electron chi connectivity index (χ4n) is 2.77. The van der Waals surface area contributed by atoms with Gasteiger partial charge < -0.3 is 15.4 Å². The predicted octanol–water partition coefficient (Wildman–Crippen LogP) is 6.46. The number of anilines is 2. The lowest BCUT2D eigenvalue weighted by atomic mass is 9.94. The Kier molecular flexibility index (Phi) is 8.79. The first-order valence-electron chi connectivity index (χ1n) is 10.5. The molecular weight excluding hydrogens is 485 g/mol. The second-order valence-corrected chi connectivity index (χ2v) is 10.5. The molecule has 180 valence electrons. The molecule has 0 fully saturated rings. The molecule has 1 aromatic heterocycles. The molecule has 0 aliphatic heterocycles. The summed E-state index contributed by atoms with van der Waals surface area (Å²) in [5, 5.41) is 9.00. The second-order valence-electron chi connectivity index (χ2n) is 8.64. The minimum Gasteiger partial charge on any atom is -0.464 e. The average molecular weight is 514 g/mol. The monoisotopic (exact) mass is 513 g/mol. The summed E-state index contributed by atoms with van der Waals surface area (Å²) in [5.41, 5.74) is -0.880. The van der Waals surface area contributed by atoms with Crippen molar-refractivity contribution in [2.45, 2.75) is 58.9 Å². The number of esters is 1. The third-order valence-electron chi connectivity index (χ3n) is 4.97. The summed E-state index contributed by atoms with van der Waals surface area (Å²) in [6.07, 6.45) is 0.338. The van der Waals surface area contributed by atoms with Crippen LogP contribution in [0.3, 0.4) is 0 Å². The molecule has 0 aliphatic rings. The SMILES string of the molecule is CCOC(=O)C(C)(CC)NC(=O)c1cc(C(C)(C)C)sc1NC(=O)Nc1cccc(Cl)c1Cl. The van der Waals surface area contributed by atoms with Crippen molar-refractivity contribution in [3.63, 3.8) is 0 Å². The first-order valence-corrected chi connectivity index (χ1v) is 12.1. The number of urea groups is 1. The van der Waals surface area contributed by atoms with E-state index in [1.54, 1.807) is 45.0 Å². The van der Waals surface area contributed by atoms with Crippen LogP contribution >= 0.6 is 34.5 Å². The Hall–Kier alpha value is -2.29. The Bertz CT molecular complexity index is 1050. The molecule has 2 aromatic rings. The van der Waals surface area contributed by atoms with Crippen LogP contribution in [0, 0.1) is 0 Å². The predicted molar refractivity (Wildman–Crippen MR) is 135 cm³/mol. The van der Waals surface area contributed by atoms with E-state index in [2.05, 4.69) is 16.0 Å². The van der Waals surface area contributed by atoms with Gasteiger partial charge in [0.25, 0.3) is 5.91 Å². The number of rotatable bonds is 7. The molecule has 2 rings (SSSR count). The molecule has 0 aliphatic carbocycles. The number of benzene rings is 1. The highest BCUT2D eigenvalue weighted by Gasteiger charge is 2.36. The number of hydrogen-bond acceptors (Lipinski definition) is 5. The van der Waals surface area contributed by atoms with Crippen molar-refractivity contribution in [3.05, 3.63) is 44.8 Å². The molecule has 1 aromatic carbocycles. The lowest BCUT2D eigenvalue weighted by Crippen LogP contribution is -2.52. The number of thiophene rings is 1. The molecular formula is C23H29Cl2N3O4S. The topological polar surface area (TPSA) is 96.5 Å². The van der Waals surface area contributed by atoms with Crippen molar-refractivity contribution in [3.8, 4) is 0 Å². The van der Waals surface area contributed by atoms with Gasteiger partial charge >= 0.3 is 12.0 Å².